The van der Waals surface area contributed by atoms with Crippen LogP contribution in [0.25, 0.3) is 0 Å². The standard InChI is InChI=1S/C17H21F2N/c1-2-4-13-7-9-17(12-20,10-8-13)11-14-5-3-6-15(18)16(14)19/h3,5-6,13H,2,4,7-11H2,1H3. The van der Waals surface area contributed by atoms with E-state index in [-0.39, 0.29) is 0 Å². The molecule has 0 unspecified atom stereocenters. The Hall–Kier alpha value is -1.43. The number of nitrogens with zero attached hydrogens (tertiary/aromatic N) is 1. The Labute approximate surface area is 119 Å². The largest absolute Gasteiger partial charge is 0.204 e. The summed E-state index contributed by atoms with van der Waals surface area (Å²) in [7, 11) is 0. The van der Waals surface area contributed by atoms with E-state index in [1.165, 1.54) is 18.9 Å². The van der Waals surface area contributed by atoms with Crippen LogP contribution in [0.15, 0.2) is 18.2 Å². The van der Waals surface area contributed by atoms with Gasteiger partial charge in [-0.15, -0.1) is 0 Å². The fraction of sp³-hybridized carbons (Fsp3) is 0.588. The lowest BCUT2D eigenvalue weighted by Crippen LogP contribution is -2.28. The maximum Gasteiger partial charge on any atom is 0.162 e. The highest BCUT2D eigenvalue weighted by Gasteiger charge is 2.36. The molecule has 1 fully saturated rings. The second-order valence-corrected chi connectivity index (χ2v) is 6.01. The molecule has 20 heavy (non-hydrogen) atoms. The molecule has 0 spiro atoms. The second-order valence-electron chi connectivity index (χ2n) is 6.01. The Balaban J connectivity index is 2.10. The predicted octanol–water partition coefficient (Wildman–Crippen LogP) is 5.01. The molecule has 3 heteroatoms. The zero-order valence-corrected chi connectivity index (χ0v) is 12.0. The van der Waals surface area contributed by atoms with Crippen LogP contribution in [0.5, 0.6) is 0 Å². The SMILES string of the molecule is CCCC1CCC(C#N)(Cc2cccc(F)c2F)CC1. The van der Waals surface area contributed by atoms with Gasteiger partial charge >= 0.3 is 0 Å². The van der Waals surface area contributed by atoms with Gasteiger partial charge in [0, 0.05) is 0 Å². The summed E-state index contributed by atoms with van der Waals surface area (Å²) in [6.45, 7) is 2.17. The first kappa shape index (κ1) is 15.0. The van der Waals surface area contributed by atoms with Crippen molar-refractivity contribution in [2.45, 2.75) is 51.9 Å². The van der Waals surface area contributed by atoms with Gasteiger partial charge in [-0.2, -0.15) is 5.26 Å². The lowest BCUT2D eigenvalue weighted by atomic mass is 9.67. The van der Waals surface area contributed by atoms with Crippen molar-refractivity contribution in [3.05, 3.63) is 35.4 Å². The van der Waals surface area contributed by atoms with Crippen molar-refractivity contribution in [2.24, 2.45) is 11.3 Å². The predicted molar refractivity (Wildman–Crippen MR) is 75.0 cm³/mol. The van der Waals surface area contributed by atoms with Crippen LogP contribution in [-0.4, -0.2) is 0 Å². The van der Waals surface area contributed by atoms with Crippen molar-refractivity contribution in [3.63, 3.8) is 0 Å². The summed E-state index contributed by atoms with van der Waals surface area (Å²) in [4.78, 5) is 0. The normalized spacial score (nSPS) is 26.2. The van der Waals surface area contributed by atoms with E-state index >= 15 is 0 Å². The van der Waals surface area contributed by atoms with Crippen molar-refractivity contribution >= 4 is 0 Å². The molecule has 2 rings (SSSR count). The van der Waals surface area contributed by atoms with Gasteiger partial charge in [0.25, 0.3) is 0 Å². The summed E-state index contributed by atoms with van der Waals surface area (Å²) >= 11 is 0. The molecule has 0 aliphatic heterocycles. The van der Waals surface area contributed by atoms with Crippen LogP contribution < -0.4 is 0 Å². The van der Waals surface area contributed by atoms with Crippen LogP contribution >= 0.6 is 0 Å². The van der Waals surface area contributed by atoms with Gasteiger partial charge in [0.1, 0.15) is 0 Å². The first-order valence-electron chi connectivity index (χ1n) is 7.44. The van der Waals surface area contributed by atoms with E-state index in [1.54, 1.807) is 6.07 Å². The average Bonchev–Trinajstić information content (AvgIpc) is 2.46. The molecule has 0 saturated heterocycles. The van der Waals surface area contributed by atoms with E-state index in [0.717, 1.165) is 31.7 Å². The minimum Gasteiger partial charge on any atom is -0.204 e. The molecule has 1 saturated carbocycles. The van der Waals surface area contributed by atoms with E-state index in [1.807, 2.05) is 0 Å². The van der Waals surface area contributed by atoms with E-state index in [2.05, 4.69) is 13.0 Å². The fourth-order valence-electron chi connectivity index (χ4n) is 3.30. The fourth-order valence-corrected chi connectivity index (χ4v) is 3.30. The molecule has 0 amide bonds. The topological polar surface area (TPSA) is 23.8 Å². The Morgan fingerprint density at radius 3 is 2.60 bits per heavy atom. The molecular formula is C17H21F2N. The minimum absolute atomic E-state index is 0.325. The van der Waals surface area contributed by atoms with E-state index in [9.17, 15) is 14.0 Å². The first-order chi connectivity index (χ1) is 9.60. The van der Waals surface area contributed by atoms with Crippen molar-refractivity contribution in [1.29, 1.82) is 5.26 Å². The smallest absolute Gasteiger partial charge is 0.162 e. The number of nitriles is 1. The van der Waals surface area contributed by atoms with Crippen LogP contribution in [0.1, 0.15) is 51.0 Å². The summed E-state index contributed by atoms with van der Waals surface area (Å²) in [6, 6.07) is 6.62. The van der Waals surface area contributed by atoms with Crippen molar-refractivity contribution in [1.82, 2.24) is 0 Å². The zero-order valence-electron chi connectivity index (χ0n) is 12.0. The Morgan fingerprint density at radius 2 is 2.00 bits per heavy atom. The monoisotopic (exact) mass is 277 g/mol. The molecule has 0 heterocycles. The van der Waals surface area contributed by atoms with Gasteiger partial charge in [-0.25, -0.2) is 8.78 Å². The highest BCUT2D eigenvalue weighted by atomic mass is 19.2. The molecule has 1 aliphatic carbocycles. The molecule has 1 aliphatic rings. The van der Waals surface area contributed by atoms with Crippen LogP contribution in [-0.2, 0) is 6.42 Å². The number of halogens is 2. The lowest BCUT2D eigenvalue weighted by molar-refractivity contribution is 0.199. The van der Waals surface area contributed by atoms with Crippen LogP contribution in [0.3, 0.4) is 0 Å². The van der Waals surface area contributed by atoms with Gasteiger partial charge in [0.05, 0.1) is 11.5 Å². The summed E-state index contributed by atoms with van der Waals surface area (Å²) in [5.74, 6) is -0.924. The van der Waals surface area contributed by atoms with Gasteiger partial charge in [0.15, 0.2) is 11.6 Å². The minimum atomic E-state index is -0.824. The van der Waals surface area contributed by atoms with Gasteiger partial charge in [-0.05, 0) is 49.7 Å². The molecule has 0 N–H and O–H groups in total. The van der Waals surface area contributed by atoms with Gasteiger partial charge < -0.3 is 0 Å². The molecule has 0 radical (unpaired) electrons. The molecule has 0 bridgehead atoms. The summed E-state index contributed by atoms with van der Waals surface area (Å²) in [5.41, 5.74) is -0.181. The summed E-state index contributed by atoms with van der Waals surface area (Å²) < 4.78 is 27.0. The molecule has 1 aromatic rings. The molecule has 0 atom stereocenters. The quantitative estimate of drug-likeness (QED) is 0.759. The number of rotatable bonds is 4. The number of benzene rings is 1. The van der Waals surface area contributed by atoms with Gasteiger partial charge in [0.2, 0.25) is 0 Å². The highest BCUT2D eigenvalue weighted by molar-refractivity contribution is 5.23. The average molecular weight is 277 g/mol. The molecule has 1 nitrogen and oxygen atoms in total. The van der Waals surface area contributed by atoms with Crippen molar-refractivity contribution in [2.75, 3.05) is 0 Å². The maximum atomic E-state index is 13.8. The maximum absolute atomic E-state index is 13.8. The molecule has 108 valence electrons. The summed E-state index contributed by atoms with van der Waals surface area (Å²) in [5, 5.41) is 9.51. The van der Waals surface area contributed by atoms with E-state index in [0.29, 0.717) is 17.9 Å². The van der Waals surface area contributed by atoms with Crippen molar-refractivity contribution < 1.29 is 8.78 Å². The number of hydrogen-bond donors (Lipinski definition) is 0. The van der Waals surface area contributed by atoms with Gasteiger partial charge in [-0.1, -0.05) is 31.9 Å². The van der Waals surface area contributed by atoms with Gasteiger partial charge in [-0.3, -0.25) is 0 Å². The third-order valence-corrected chi connectivity index (χ3v) is 4.56. The third kappa shape index (κ3) is 3.17. The molecular weight excluding hydrogens is 256 g/mol. The Morgan fingerprint density at radius 1 is 1.30 bits per heavy atom. The molecule has 0 aromatic heterocycles. The van der Waals surface area contributed by atoms with Crippen LogP contribution in [0.2, 0.25) is 0 Å². The number of hydrogen-bond acceptors (Lipinski definition) is 1. The van der Waals surface area contributed by atoms with Crippen LogP contribution in [0.4, 0.5) is 8.78 Å². The lowest BCUT2D eigenvalue weighted by Gasteiger charge is -2.35. The highest BCUT2D eigenvalue weighted by Crippen LogP contribution is 2.42. The molecule has 1 aromatic carbocycles. The Bertz CT molecular complexity index is 496. The van der Waals surface area contributed by atoms with Crippen molar-refractivity contribution in [3.8, 4) is 6.07 Å². The summed E-state index contributed by atoms with van der Waals surface area (Å²) in [6.07, 6.45) is 6.34. The second kappa shape index (κ2) is 6.35. The third-order valence-electron chi connectivity index (χ3n) is 4.56. The zero-order chi connectivity index (χ0) is 14.6. The van der Waals surface area contributed by atoms with E-state index < -0.39 is 17.0 Å². The van der Waals surface area contributed by atoms with E-state index in [4.69, 9.17) is 0 Å². The Kier molecular flexibility index (Phi) is 4.75. The first-order valence-corrected chi connectivity index (χ1v) is 7.44. The van der Waals surface area contributed by atoms with Crippen LogP contribution in [0, 0.1) is 34.3 Å².